The number of anilines is 1. The van der Waals surface area contributed by atoms with E-state index in [2.05, 4.69) is 15.0 Å². The summed E-state index contributed by atoms with van der Waals surface area (Å²) >= 11 is 6.87. The monoisotopic (exact) mass is 378 g/mol. The Labute approximate surface area is 145 Å². The molecule has 0 amide bonds. The molecular weight excluding hydrogens is 365 g/mol. The van der Waals surface area contributed by atoms with E-state index in [0.29, 0.717) is 32.7 Å². The maximum atomic E-state index is 14.4. The van der Waals surface area contributed by atoms with Crippen LogP contribution < -0.4 is 4.90 Å². The van der Waals surface area contributed by atoms with Crippen LogP contribution in [0.25, 0.3) is 10.9 Å². The van der Waals surface area contributed by atoms with Gasteiger partial charge in [-0.3, -0.25) is 0 Å². The zero-order valence-electron chi connectivity index (χ0n) is 12.7. The quantitative estimate of drug-likeness (QED) is 0.461. The van der Waals surface area contributed by atoms with Crippen molar-refractivity contribution in [2.24, 2.45) is 0 Å². The summed E-state index contributed by atoms with van der Waals surface area (Å²) in [7, 11) is 0. The van der Waals surface area contributed by atoms with Crippen molar-refractivity contribution >= 4 is 40.1 Å². The third-order valence-electron chi connectivity index (χ3n) is 3.64. The number of pyridine rings is 1. The van der Waals surface area contributed by atoms with Crippen LogP contribution in [0.5, 0.6) is 0 Å². The number of hydrogen-bond donors (Lipinski definition) is 0. The minimum absolute atomic E-state index is 0.0911. The number of alkyl halides is 2. The van der Waals surface area contributed by atoms with E-state index in [1.807, 2.05) is 0 Å². The summed E-state index contributed by atoms with van der Waals surface area (Å²) in [6, 6.07) is 0. The molecule has 0 aliphatic carbocycles. The third kappa shape index (κ3) is 3.25. The van der Waals surface area contributed by atoms with Crippen LogP contribution in [0.4, 0.5) is 19.0 Å². The second-order valence-electron chi connectivity index (χ2n) is 5.11. The summed E-state index contributed by atoms with van der Waals surface area (Å²) in [6.07, 6.45) is -0.477. The molecule has 0 aromatic carbocycles. The number of aromatic nitrogens is 3. The fraction of sp³-hybridized carbons (Fsp3) is 0.500. The van der Waals surface area contributed by atoms with E-state index in [1.54, 1.807) is 11.2 Å². The summed E-state index contributed by atoms with van der Waals surface area (Å²) in [6.45, 7) is 2.04. The van der Waals surface area contributed by atoms with Crippen molar-refractivity contribution in [3.05, 3.63) is 16.7 Å². The second-order valence-corrected chi connectivity index (χ2v) is 6.24. The summed E-state index contributed by atoms with van der Waals surface area (Å²) in [5.41, 5.74) is -0.839. The predicted octanol–water partition coefficient (Wildman–Crippen LogP) is 3.70. The topological polar surface area (TPSA) is 51.1 Å². The number of hydrogen-bond acceptors (Lipinski definition) is 6. The molecule has 24 heavy (non-hydrogen) atoms. The average molecular weight is 379 g/mol. The fourth-order valence-electron chi connectivity index (χ4n) is 2.57. The van der Waals surface area contributed by atoms with Crippen LogP contribution in [-0.2, 0) is 4.74 Å². The molecule has 1 fully saturated rings. The lowest BCUT2D eigenvalue weighted by Crippen LogP contribution is -2.28. The zero-order chi connectivity index (χ0) is 17.3. The summed E-state index contributed by atoms with van der Waals surface area (Å²) in [5.74, 6) is -0.672. The number of ether oxygens (including phenoxy) is 1. The molecule has 5 nitrogen and oxygen atoms in total. The maximum Gasteiger partial charge on any atom is 0.281 e. The zero-order valence-corrected chi connectivity index (χ0v) is 14.3. The Kier molecular flexibility index (Phi) is 5.31. The molecule has 0 bridgehead atoms. The summed E-state index contributed by atoms with van der Waals surface area (Å²) in [4.78, 5) is 13.7. The van der Waals surface area contributed by atoms with E-state index in [1.165, 1.54) is 11.8 Å². The van der Waals surface area contributed by atoms with Crippen LogP contribution in [0, 0.1) is 5.82 Å². The Morgan fingerprint density at radius 2 is 2.00 bits per heavy atom. The molecule has 1 aliphatic heterocycles. The first kappa shape index (κ1) is 17.5. The van der Waals surface area contributed by atoms with Gasteiger partial charge >= 0.3 is 0 Å². The lowest BCUT2D eigenvalue weighted by atomic mass is 10.2. The first-order valence-electron chi connectivity index (χ1n) is 7.24. The van der Waals surface area contributed by atoms with Gasteiger partial charge in [-0.25, -0.2) is 28.1 Å². The van der Waals surface area contributed by atoms with Crippen molar-refractivity contribution < 1.29 is 17.9 Å². The molecule has 0 atom stereocenters. The van der Waals surface area contributed by atoms with Gasteiger partial charge in [0.1, 0.15) is 17.0 Å². The average Bonchev–Trinajstić information content (AvgIpc) is 2.86. The highest BCUT2D eigenvalue weighted by atomic mass is 35.5. The molecule has 0 spiro atoms. The molecule has 0 radical (unpaired) electrons. The molecule has 0 unspecified atom stereocenters. The van der Waals surface area contributed by atoms with Crippen LogP contribution in [0.1, 0.15) is 18.5 Å². The minimum atomic E-state index is -2.92. The fourth-order valence-corrected chi connectivity index (χ4v) is 3.11. The molecule has 1 aliphatic rings. The first-order valence-corrected chi connectivity index (χ1v) is 8.84. The Morgan fingerprint density at radius 1 is 1.21 bits per heavy atom. The maximum absolute atomic E-state index is 14.4. The van der Waals surface area contributed by atoms with Crippen LogP contribution in [0.15, 0.2) is 5.16 Å². The first-order chi connectivity index (χ1) is 11.5. The Balaban J connectivity index is 2.30. The van der Waals surface area contributed by atoms with Crippen molar-refractivity contribution in [2.75, 3.05) is 37.5 Å². The van der Waals surface area contributed by atoms with Gasteiger partial charge in [-0.05, 0) is 12.7 Å². The lowest BCUT2D eigenvalue weighted by Gasteiger charge is -2.23. The summed E-state index contributed by atoms with van der Waals surface area (Å²) in [5, 5.41) is -0.427. The van der Waals surface area contributed by atoms with Gasteiger partial charge in [-0.2, -0.15) is 0 Å². The Morgan fingerprint density at radius 3 is 2.71 bits per heavy atom. The van der Waals surface area contributed by atoms with Crippen molar-refractivity contribution in [1.29, 1.82) is 0 Å². The largest absolute Gasteiger partial charge is 0.380 e. The summed E-state index contributed by atoms with van der Waals surface area (Å²) < 4.78 is 46.7. The van der Waals surface area contributed by atoms with Crippen LogP contribution in [0.2, 0.25) is 5.15 Å². The van der Waals surface area contributed by atoms with Gasteiger partial charge < -0.3 is 9.64 Å². The molecule has 3 heterocycles. The minimum Gasteiger partial charge on any atom is -0.380 e. The van der Waals surface area contributed by atoms with E-state index < -0.39 is 23.1 Å². The smallest absolute Gasteiger partial charge is 0.281 e. The van der Waals surface area contributed by atoms with Crippen molar-refractivity contribution in [2.45, 2.75) is 18.0 Å². The highest BCUT2D eigenvalue weighted by Crippen LogP contribution is 2.36. The van der Waals surface area contributed by atoms with E-state index in [4.69, 9.17) is 16.3 Å². The Bertz CT molecular complexity index is 757. The van der Waals surface area contributed by atoms with Crippen molar-refractivity contribution in [3.63, 3.8) is 0 Å². The number of thioether (sulfide) groups is 1. The van der Waals surface area contributed by atoms with Gasteiger partial charge in [0.25, 0.3) is 6.43 Å². The van der Waals surface area contributed by atoms with Gasteiger partial charge in [0.15, 0.2) is 16.1 Å². The van der Waals surface area contributed by atoms with E-state index in [0.717, 1.165) is 0 Å². The molecular formula is C14H14ClF3N4OS. The van der Waals surface area contributed by atoms with Crippen molar-refractivity contribution in [1.82, 2.24) is 15.0 Å². The van der Waals surface area contributed by atoms with E-state index in [-0.39, 0.29) is 21.9 Å². The third-order valence-corrected chi connectivity index (χ3v) is 4.44. The van der Waals surface area contributed by atoms with Crippen LogP contribution in [0.3, 0.4) is 0 Å². The van der Waals surface area contributed by atoms with E-state index >= 15 is 0 Å². The molecule has 1 saturated heterocycles. The van der Waals surface area contributed by atoms with Gasteiger partial charge in [0, 0.05) is 19.7 Å². The van der Waals surface area contributed by atoms with Crippen LogP contribution in [-0.4, -0.2) is 47.5 Å². The van der Waals surface area contributed by atoms with Gasteiger partial charge in [-0.15, -0.1) is 0 Å². The normalized spacial score (nSPS) is 16.0. The molecule has 130 valence electrons. The predicted molar refractivity (Wildman–Crippen MR) is 86.7 cm³/mol. The molecule has 2 aromatic heterocycles. The van der Waals surface area contributed by atoms with Crippen molar-refractivity contribution in [3.8, 4) is 0 Å². The Hall–Kier alpha value is -1.32. The van der Waals surface area contributed by atoms with Gasteiger partial charge in [-0.1, -0.05) is 23.4 Å². The van der Waals surface area contributed by atoms with Crippen LogP contribution >= 0.6 is 23.4 Å². The molecule has 0 saturated carbocycles. The van der Waals surface area contributed by atoms with Gasteiger partial charge in [0.05, 0.1) is 12.0 Å². The number of nitrogens with zero attached hydrogens (tertiary/aromatic N) is 4. The number of fused-ring (bicyclic) bond motifs is 1. The lowest BCUT2D eigenvalue weighted by molar-refractivity contribution is 0.148. The number of halogens is 4. The van der Waals surface area contributed by atoms with Gasteiger partial charge in [0.2, 0.25) is 0 Å². The van der Waals surface area contributed by atoms with E-state index in [9.17, 15) is 13.2 Å². The highest BCUT2D eigenvalue weighted by Gasteiger charge is 2.27. The SMILES string of the molecule is CSc1nc(N2CCCOCC2)c2c(C(F)F)nc(Cl)c(F)c2n1. The molecule has 10 heteroatoms. The highest BCUT2D eigenvalue weighted by molar-refractivity contribution is 7.98. The standard InChI is InChI=1S/C14H14ClF3N4OS/c1-24-14-20-9-7(10(12(17)18)19-11(15)8(9)16)13(21-14)22-3-2-5-23-6-4-22/h12H,2-6H2,1H3. The number of rotatable bonds is 3. The second kappa shape index (κ2) is 7.28. The molecule has 2 aromatic rings. The molecule has 3 rings (SSSR count). The molecule has 0 N–H and O–H groups in total.